The first kappa shape index (κ1) is 15.4. The molecule has 108 valence electrons. The van der Waals surface area contributed by atoms with E-state index in [1.54, 1.807) is 0 Å². The largest absolute Gasteiger partial charge is 0.381 e. The van der Waals surface area contributed by atoms with E-state index in [0.29, 0.717) is 6.54 Å². The molecular weight excluding hydrogens is 274 g/mol. The number of nitrogens with zero attached hydrogens (tertiary/aromatic N) is 2. The zero-order chi connectivity index (χ0) is 14.5. The molecule has 0 atom stereocenters. The summed E-state index contributed by atoms with van der Waals surface area (Å²) >= 11 is 0. The van der Waals surface area contributed by atoms with Gasteiger partial charge in [-0.15, -0.1) is 0 Å². The minimum absolute atomic E-state index is 0.00631. The van der Waals surface area contributed by atoms with Gasteiger partial charge in [0.25, 0.3) is 0 Å². The SMILES string of the molecule is CCn1cc(S(=O)(=O)NCCOCC(N)=O)c(N)n1. The van der Waals surface area contributed by atoms with Crippen LogP contribution in [-0.2, 0) is 26.1 Å². The van der Waals surface area contributed by atoms with Crippen molar-refractivity contribution in [3.8, 4) is 0 Å². The van der Waals surface area contributed by atoms with Crippen molar-refractivity contribution in [3.63, 3.8) is 0 Å². The summed E-state index contributed by atoms with van der Waals surface area (Å²) in [4.78, 5) is 10.3. The highest BCUT2D eigenvalue weighted by molar-refractivity contribution is 7.89. The number of anilines is 1. The number of ether oxygens (including phenoxy) is 1. The molecule has 1 aromatic rings. The first-order chi connectivity index (χ1) is 8.86. The van der Waals surface area contributed by atoms with Gasteiger partial charge in [-0.05, 0) is 6.92 Å². The standard InChI is InChI=1S/C9H17N5O4S/c1-2-14-5-7(9(11)13-14)19(16,17)12-3-4-18-6-8(10)15/h5,12H,2-4,6H2,1H3,(H2,10,15)(H2,11,13). The van der Waals surface area contributed by atoms with Crippen LogP contribution in [-0.4, -0.2) is 43.9 Å². The molecule has 0 aliphatic carbocycles. The Hall–Kier alpha value is -1.65. The molecule has 0 radical (unpaired) electrons. The van der Waals surface area contributed by atoms with Crippen molar-refractivity contribution in [1.82, 2.24) is 14.5 Å². The average molecular weight is 291 g/mol. The first-order valence-electron chi connectivity index (χ1n) is 5.55. The van der Waals surface area contributed by atoms with Crippen LogP contribution in [0.2, 0.25) is 0 Å². The summed E-state index contributed by atoms with van der Waals surface area (Å²) in [6.07, 6.45) is 1.35. The number of primary amides is 1. The van der Waals surface area contributed by atoms with Gasteiger partial charge in [0, 0.05) is 19.3 Å². The summed E-state index contributed by atoms with van der Waals surface area (Å²) in [6, 6.07) is 0. The number of nitrogens with one attached hydrogen (secondary N) is 1. The van der Waals surface area contributed by atoms with E-state index in [-0.39, 0.29) is 30.5 Å². The fraction of sp³-hybridized carbons (Fsp3) is 0.556. The highest BCUT2D eigenvalue weighted by Crippen LogP contribution is 2.15. The molecule has 0 bridgehead atoms. The fourth-order valence-corrected chi connectivity index (χ4v) is 2.37. The normalized spacial score (nSPS) is 11.6. The van der Waals surface area contributed by atoms with Crippen molar-refractivity contribution < 1.29 is 17.9 Å². The van der Waals surface area contributed by atoms with Gasteiger partial charge in [0.05, 0.1) is 6.61 Å². The minimum atomic E-state index is -3.74. The summed E-state index contributed by atoms with van der Waals surface area (Å²) < 4.78 is 32.3. The number of carbonyl (C=O) groups is 1. The topological polar surface area (TPSA) is 142 Å². The highest BCUT2D eigenvalue weighted by Gasteiger charge is 2.20. The molecule has 1 aromatic heterocycles. The molecule has 0 unspecified atom stereocenters. The van der Waals surface area contributed by atoms with E-state index in [0.717, 1.165) is 0 Å². The van der Waals surface area contributed by atoms with Gasteiger partial charge in [-0.1, -0.05) is 0 Å². The lowest BCUT2D eigenvalue weighted by Gasteiger charge is -2.05. The molecule has 9 nitrogen and oxygen atoms in total. The summed E-state index contributed by atoms with van der Waals surface area (Å²) in [7, 11) is -3.74. The third-order valence-electron chi connectivity index (χ3n) is 2.15. The van der Waals surface area contributed by atoms with Crippen LogP contribution < -0.4 is 16.2 Å². The van der Waals surface area contributed by atoms with E-state index in [2.05, 4.69) is 9.82 Å². The quantitative estimate of drug-likeness (QED) is 0.485. The maximum absolute atomic E-state index is 11.9. The van der Waals surface area contributed by atoms with Crippen molar-refractivity contribution in [2.24, 2.45) is 5.73 Å². The summed E-state index contributed by atoms with van der Waals surface area (Å²) in [5.41, 5.74) is 10.4. The number of sulfonamides is 1. The Kier molecular flexibility index (Phi) is 5.27. The van der Waals surface area contributed by atoms with Crippen LogP contribution in [0.3, 0.4) is 0 Å². The molecule has 19 heavy (non-hydrogen) atoms. The van der Waals surface area contributed by atoms with Crippen molar-refractivity contribution >= 4 is 21.7 Å². The smallest absolute Gasteiger partial charge is 0.245 e. The maximum Gasteiger partial charge on any atom is 0.245 e. The van der Waals surface area contributed by atoms with Gasteiger partial charge in [0.15, 0.2) is 5.82 Å². The predicted octanol–water partition coefficient (Wildman–Crippen LogP) is -1.73. The third-order valence-corrected chi connectivity index (χ3v) is 3.63. The Labute approximate surface area is 110 Å². The lowest BCUT2D eigenvalue weighted by Crippen LogP contribution is -2.29. The zero-order valence-corrected chi connectivity index (χ0v) is 11.3. The number of nitrogens with two attached hydrogens (primary N) is 2. The number of nitrogen functional groups attached to an aromatic ring is 1. The number of aryl methyl sites for hydroxylation is 1. The lowest BCUT2D eigenvalue weighted by atomic mass is 10.6. The molecule has 1 rings (SSSR count). The number of rotatable bonds is 8. The van der Waals surface area contributed by atoms with Gasteiger partial charge in [-0.2, -0.15) is 5.10 Å². The Morgan fingerprint density at radius 1 is 1.58 bits per heavy atom. The molecular formula is C9H17N5O4S. The number of amides is 1. The summed E-state index contributed by atoms with van der Waals surface area (Å²) in [5, 5.41) is 3.85. The first-order valence-corrected chi connectivity index (χ1v) is 7.03. The van der Waals surface area contributed by atoms with Crippen LogP contribution in [0.5, 0.6) is 0 Å². The molecule has 0 aromatic carbocycles. The van der Waals surface area contributed by atoms with Crippen LogP contribution in [0, 0.1) is 0 Å². The van der Waals surface area contributed by atoms with Crippen LogP contribution in [0.15, 0.2) is 11.1 Å². The number of hydrogen-bond acceptors (Lipinski definition) is 6. The van der Waals surface area contributed by atoms with E-state index >= 15 is 0 Å². The second kappa shape index (κ2) is 6.50. The number of carbonyl (C=O) groups excluding carboxylic acids is 1. The van der Waals surface area contributed by atoms with Crippen LogP contribution in [0.4, 0.5) is 5.82 Å². The predicted molar refractivity (Wildman–Crippen MR) is 67.5 cm³/mol. The summed E-state index contributed by atoms with van der Waals surface area (Å²) in [6.45, 7) is 2.11. The molecule has 0 aliphatic heterocycles. The van der Waals surface area contributed by atoms with Crippen LogP contribution in [0.1, 0.15) is 6.92 Å². The minimum Gasteiger partial charge on any atom is -0.381 e. The molecule has 0 spiro atoms. The third kappa shape index (κ3) is 4.50. The molecule has 0 saturated heterocycles. The number of hydrogen-bond donors (Lipinski definition) is 3. The Bertz CT molecular complexity index is 539. The van der Waals surface area contributed by atoms with Crippen molar-refractivity contribution in [2.75, 3.05) is 25.5 Å². The molecule has 0 saturated carbocycles. The van der Waals surface area contributed by atoms with E-state index in [1.807, 2.05) is 6.92 Å². The molecule has 0 fully saturated rings. The van der Waals surface area contributed by atoms with Crippen LogP contribution >= 0.6 is 0 Å². The van der Waals surface area contributed by atoms with Gasteiger partial charge in [-0.25, -0.2) is 13.1 Å². The number of aromatic nitrogens is 2. The zero-order valence-electron chi connectivity index (χ0n) is 10.5. The van der Waals surface area contributed by atoms with E-state index in [4.69, 9.17) is 16.2 Å². The van der Waals surface area contributed by atoms with Gasteiger partial charge in [0.1, 0.15) is 11.5 Å². The Morgan fingerprint density at radius 2 is 2.26 bits per heavy atom. The second-order valence-electron chi connectivity index (χ2n) is 3.65. The van der Waals surface area contributed by atoms with Crippen LogP contribution in [0.25, 0.3) is 0 Å². The molecule has 10 heteroatoms. The highest BCUT2D eigenvalue weighted by atomic mass is 32.2. The van der Waals surface area contributed by atoms with E-state index in [9.17, 15) is 13.2 Å². The van der Waals surface area contributed by atoms with Gasteiger partial charge in [-0.3, -0.25) is 9.48 Å². The van der Waals surface area contributed by atoms with Gasteiger partial charge < -0.3 is 16.2 Å². The van der Waals surface area contributed by atoms with E-state index < -0.39 is 15.9 Å². The second-order valence-corrected chi connectivity index (χ2v) is 5.39. The van der Waals surface area contributed by atoms with Crippen molar-refractivity contribution in [2.45, 2.75) is 18.4 Å². The Morgan fingerprint density at radius 3 is 2.79 bits per heavy atom. The monoisotopic (exact) mass is 291 g/mol. The maximum atomic E-state index is 11.9. The molecule has 1 amide bonds. The van der Waals surface area contributed by atoms with Gasteiger partial charge in [0.2, 0.25) is 15.9 Å². The average Bonchev–Trinajstić information content (AvgIpc) is 2.70. The Balaban J connectivity index is 2.56. The van der Waals surface area contributed by atoms with Crippen molar-refractivity contribution in [1.29, 1.82) is 0 Å². The fourth-order valence-electron chi connectivity index (χ4n) is 1.29. The lowest BCUT2D eigenvalue weighted by molar-refractivity contribution is -0.122. The van der Waals surface area contributed by atoms with Gasteiger partial charge >= 0.3 is 0 Å². The van der Waals surface area contributed by atoms with Crippen molar-refractivity contribution in [3.05, 3.63) is 6.20 Å². The molecule has 1 heterocycles. The van der Waals surface area contributed by atoms with E-state index in [1.165, 1.54) is 10.9 Å². The molecule has 0 aliphatic rings. The summed E-state index contributed by atoms with van der Waals surface area (Å²) in [5.74, 6) is -0.677. The molecule has 5 N–H and O–H groups in total.